The molecule has 9 heteroatoms. The molecule has 2 aliphatic heterocycles. The topological polar surface area (TPSA) is 81.7 Å². The SMILES string of the molecule is C/C=C(\C=C/C(C)c1c2nc(c(C3=CCC(OCCC)C=C3)c(C)ccc(C)c(-c3ccc(OCCC[N+](C)(C)C)cc3)c3nc(c(-c4ccc(OCCCN(C)C)cc4)c4ccc1[nH]4)C=C3)C=C2)OCCCCCCCC. The van der Waals surface area contributed by atoms with Crippen LogP contribution in [0.3, 0.4) is 0 Å². The number of fused-ring (bicyclic) bond motifs is 6. The zero-order valence-electron chi connectivity index (χ0n) is 49.1. The van der Waals surface area contributed by atoms with Crippen molar-refractivity contribution < 1.29 is 23.4 Å². The highest BCUT2D eigenvalue weighted by atomic mass is 16.5. The van der Waals surface area contributed by atoms with Gasteiger partial charge in [-0.15, -0.1) is 0 Å². The van der Waals surface area contributed by atoms with Crippen molar-refractivity contribution in [2.45, 2.75) is 118 Å². The first kappa shape index (κ1) is 59.1. The second kappa shape index (κ2) is 29.5. The normalized spacial score (nSPS) is 14.7. The van der Waals surface area contributed by atoms with Gasteiger partial charge in [-0.05, 0) is 161 Å². The van der Waals surface area contributed by atoms with Crippen LogP contribution < -0.4 is 9.47 Å². The molecular formula is C69H90N5O4+. The molecule has 2 aromatic heterocycles. The number of quaternary nitrogens is 1. The summed E-state index contributed by atoms with van der Waals surface area (Å²) in [6.07, 6.45) is 33.0. The maximum atomic E-state index is 6.36. The molecule has 2 unspecified atom stereocenters. The van der Waals surface area contributed by atoms with Gasteiger partial charge in [0.25, 0.3) is 0 Å². The number of nitrogens with one attached hydrogen (secondary N) is 1. The van der Waals surface area contributed by atoms with Crippen molar-refractivity contribution in [2.75, 3.05) is 74.8 Å². The van der Waals surface area contributed by atoms with Gasteiger partial charge < -0.3 is 33.3 Å². The predicted molar refractivity (Wildman–Crippen MR) is 330 cm³/mol. The summed E-state index contributed by atoms with van der Waals surface area (Å²) in [7, 11) is 10.8. The van der Waals surface area contributed by atoms with Crippen LogP contribution in [-0.4, -0.2) is 105 Å². The summed E-state index contributed by atoms with van der Waals surface area (Å²) in [6.45, 7) is 17.9. The standard InChI is InChI=1S/C69H90N5O4/c1-12-15-16-17-18-19-47-76-56(14-3)31-24-52(6)68-62-40-38-60(70-62)66(53-25-32-57(33-26-53)75-46-13-2)50(4)22-23-51(5)67(54-27-34-59(35-28-54)78-49-21-45-74(9,10)11)61-39-42-64(71-61)69(65-43-41-63(68)72-65)55-29-36-58(37-30-55)77-48-20-44-73(7)8/h14,22-32,34-43,52,57,72H,12-13,15-21,33,44-49H2,1-11H3/q+1/b23-22?,31-24-,50-22?,51-23?,56-14+,66-50?,66-60?,67-51?,67-61?,68-62?,68-63?,69-64?,69-65?. The molecule has 0 radical (unpaired) electrons. The maximum absolute atomic E-state index is 6.36. The largest absolute Gasteiger partial charge is 0.494 e. The van der Waals surface area contributed by atoms with Crippen molar-refractivity contribution in [3.63, 3.8) is 0 Å². The van der Waals surface area contributed by atoms with E-state index in [1.54, 1.807) is 0 Å². The third-order valence-electron chi connectivity index (χ3n) is 14.4. The van der Waals surface area contributed by atoms with Gasteiger partial charge in [-0.25, -0.2) is 9.97 Å². The van der Waals surface area contributed by atoms with E-state index in [0.29, 0.717) is 19.8 Å². The molecule has 0 saturated carbocycles. The van der Waals surface area contributed by atoms with Crippen LogP contribution in [0.25, 0.3) is 63.2 Å². The minimum absolute atomic E-state index is 0.0439. The summed E-state index contributed by atoms with van der Waals surface area (Å²) in [6, 6.07) is 25.9. The lowest BCUT2D eigenvalue weighted by Gasteiger charge is -2.23. The van der Waals surface area contributed by atoms with E-state index in [1.807, 2.05) is 0 Å². The number of benzene rings is 2. The Balaban J connectivity index is 1.43. The molecule has 0 fully saturated rings. The number of unbranched alkanes of at least 4 members (excludes halogenated alkanes) is 5. The molecule has 0 spiro atoms. The molecule has 2 aromatic carbocycles. The van der Waals surface area contributed by atoms with Gasteiger partial charge in [0.2, 0.25) is 0 Å². The Hall–Kier alpha value is -6.52. The number of aromatic nitrogens is 3. The number of hydrogen-bond acceptors (Lipinski definition) is 7. The van der Waals surface area contributed by atoms with Crippen LogP contribution >= 0.6 is 0 Å². The summed E-state index contributed by atoms with van der Waals surface area (Å²) >= 11 is 0. The fourth-order valence-corrected chi connectivity index (χ4v) is 10.2. The fourth-order valence-electron chi connectivity index (χ4n) is 10.2. The van der Waals surface area contributed by atoms with E-state index in [9.17, 15) is 0 Å². The Bertz CT molecular complexity index is 3000. The van der Waals surface area contributed by atoms with Crippen molar-refractivity contribution in [2.24, 2.45) is 0 Å². The van der Waals surface area contributed by atoms with E-state index in [4.69, 9.17) is 28.9 Å². The van der Waals surface area contributed by atoms with Gasteiger partial charge in [0.05, 0.1) is 76.4 Å². The predicted octanol–water partition coefficient (Wildman–Crippen LogP) is 16.6. The van der Waals surface area contributed by atoms with E-state index < -0.39 is 0 Å². The zero-order valence-corrected chi connectivity index (χ0v) is 49.1. The number of hydrogen-bond donors (Lipinski definition) is 1. The van der Waals surface area contributed by atoms with E-state index in [-0.39, 0.29) is 12.0 Å². The second-order valence-electron chi connectivity index (χ2n) is 22.3. The molecular weight excluding hydrogens is 963 g/mol. The van der Waals surface area contributed by atoms with Gasteiger partial charge in [-0.2, -0.15) is 0 Å². The summed E-state index contributed by atoms with van der Waals surface area (Å²) < 4.78 is 26.0. The van der Waals surface area contributed by atoms with Crippen molar-refractivity contribution in [1.82, 2.24) is 19.9 Å². The minimum Gasteiger partial charge on any atom is -0.494 e. The Labute approximate surface area is 468 Å². The third kappa shape index (κ3) is 17.0. The molecule has 7 rings (SSSR count). The maximum Gasteiger partial charge on any atom is 0.119 e. The lowest BCUT2D eigenvalue weighted by atomic mass is 9.94. The Kier molecular flexibility index (Phi) is 22.3. The van der Waals surface area contributed by atoms with E-state index in [2.05, 4.69) is 220 Å². The van der Waals surface area contributed by atoms with Gasteiger partial charge in [-0.3, -0.25) is 0 Å². The van der Waals surface area contributed by atoms with Crippen LogP contribution in [-0.2, 0) is 9.47 Å². The number of allylic oxidation sites excluding steroid dienone is 5. The first-order valence-electron chi connectivity index (χ1n) is 29.0. The van der Waals surface area contributed by atoms with E-state index >= 15 is 0 Å². The molecule has 0 amide bonds. The van der Waals surface area contributed by atoms with Gasteiger partial charge in [0, 0.05) is 58.8 Å². The molecule has 1 N–H and O–H groups in total. The first-order chi connectivity index (χ1) is 37.7. The number of aromatic amines is 1. The molecule has 414 valence electrons. The fraction of sp³-hybridized carbons (Fsp3) is 0.420. The van der Waals surface area contributed by atoms with Gasteiger partial charge in [0.15, 0.2) is 0 Å². The molecule has 3 aliphatic rings. The smallest absolute Gasteiger partial charge is 0.119 e. The molecule has 6 bridgehead atoms. The molecule has 2 atom stereocenters. The molecule has 4 heterocycles. The van der Waals surface area contributed by atoms with Crippen LogP contribution in [0.15, 0.2) is 115 Å². The minimum atomic E-state index is -0.0439. The van der Waals surface area contributed by atoms with Crippen LogP contribution in [0.2, 0.25) is 0 Å². The Morgan fingerprint density at radius 3 is 1.87 bits per heavy atom. The average Bonchev–Trinajstić information content (AvgIpc) is 4.26. The second-order valence-corrected chi connectivity index (χ2v) is 22.3. The number of ether oxygens (including phenoxy) is 4. The monoisotopic (exact) mass is 1050 g/mol. The quantitative estimate of drug-likeness (QED) is 0.0238. The summed E-state index contributed by atoms with van der Waals surface area (Å²) in [4.78, 5) is 17.3. The lowest BCUT2D eigenvalue weighted by molar-refractivity contribution is -0.870. The molecule has 1 aliphatic carbocycles. The van der Waals surface area contributed by atoms with Crippen molar-refractivity contribution >= 4 is 40.9 Å². The zero-order chi connectivity index (χ0) is 55.4. The molecule has 0 saturated heterocycles. The van der Waals surface area contributed by atoms with Gasteiger partial charge in [0.1, 0.15) is 17.3 Å². The number of nitrogens with zero attached hydrogens (tertiary/aromatic N) is 4. The van der Waals surface area contributed by atoms with E-state index in [1.165, 1.54) is 32.1 Å². The average molecular weight is 1050 g/mol. The van der Waals surface area contributed by atoms with Crippen molar-refractivity contribution in [3.8, 4) is 33.8 Å². The number of rotatable bonds is 27. The van der Waals surface area contributed by atoms with Crippen molar-refractivity contribution in [1.29, 1.82) is 0 Å². The first-order valence-corrected chi connectivity index (χ1v) is 29.0. The van der Waals surface area contributed by atoms with Crippen LogP contribution in [0.1, 0.15) is 143 Å². The summed E-state index contributed by atoms with van der Waals surface area (Å²) in [5, 5.41) is 0. The highest BCUT2D eigenvalue weighted by molar-refractivity contribution is 5.94. The van der Waals surface area contributed by atoms with Gasteiger partial charge in [-0.1, -0.05) is 114 Å². The van der Waals surface area contributed by atoms with Gasteiger partial charge >= 0.3 is 0 Å². The highest BCUT2D eigenvalue weighted by Gasteiger charge is 2.21. The van der Waals surface area contributed by atoms with Crippen LogP contribution in [0, 0.1) is 13.8 Å². The lowest BCUT2D eigenvalue weighted by Crippen LogP contribution is -2.35. The third-order valence-corrected chi connectivity index (χ3v) is 14.4. The Morgan fingerprint density at radius 2 is 1.24 bits per heavy atom. The molecule has 9 nitrogen and oxygen atoms in total. The summed E-state index contributed by atoms with van der Waals surface area (Å²) in [5.74, 6) is 2.54. The molecule has 4 aromatic rings. The summed E-state index contributed by atoms with van der Waals surface area (Å²) in [5.41, 5.74) is 15.2. The van der Waals surface area contributed by atoms with Crippen LogP contribution in [0.4, 0.5) is 0 Å². The highest BCUT2D eigenvalue weighted by Crippen LogP contribution is 2.38. The van der Waals surface area contributed by atoms with Crippen LogP contribution in [0.5, 0.6) is 11.5 Å². The number of aryl methyl sites for hydroxylation is 2. The van der Waals surface area contributed by atoms with Crippen molar-refractivity contribution in [3.05, 3.63) is 160 Å². The Morgan fingerprint density at radius 1 is 0.654 bits per heavy atom. The van der Waals surface area contributed by atoms with E-state index in [0.717, 1.165) is 157 Å². The molecule has 78 heavy (non-hydrogen) atoms. The number of H-pyrrole nitrogens is 1.